The fourth-order valence-electron chi connectivity index (χ4n) is 3.70. The number of rotatable bonds is 4. The predicted molar refractivity (Wildman–Crippen MR) is 116 cm³/mol. The third-order valence-corrected chi connectivity index (χ3v) is 7.96. The van der Waals surface area contributed by atoms with Crippen LogP contribution in [0.4, 0.5) is 5.69 Å². The Hall–Kier alpha value is -2.07. The van der Waals surface area contributed by atoms with Gasteiger partial charge in [-0.3, -0.25) is 9.10 Å². The molecule has 0 bridgehead atoms. The minimum Gasteiger partial charge on any atom is -0.474 e. The number of hydrogen-bond acceptors (Lipinski definition) is 6. The highest BCUT2D eigenvalue weighted by atomic mass is 35.5. The summed E-state index contributed by atoms with van der Waals surface area (Å²) >= 11 is 11.9. The molecular weight excluding hydrogens is 465 g/mol. The van der Waals surface area contributed by atoms with Gasteiger partial charge in [0.25, 0.3) is 15.9 Å². The van der Waals surface area contributed by atoms with Gasteiger partial charge in [-0.25, -0.2) is 13.4 Å². The minimum absolute atomic E-state index is 0.0228. The summed E-state index contributed by atoms with van der Waals surface area (Å²) < 4.78 is 33.2. The number of carbonyl (C=O) groups excluding carboxylic acids is 1. The van der Waals surface area contributed by atoms with Crippen molar-refractivity contribution in [2.24, 2.45) is 0 Å². The van der Waals surface area contributed by atoms with Crippen molar-refractivity contribution < 1.29 is 23.1 Å². The van der Waals surface area contributed by atoms with Crippen LogP contribution in [0.5, 0.6) is 5.88 Å². The second-order valence-corrected chi connectivity index (χ2v) is 10.2. The normalized spacial score (nSPS) is 21.2. The molecule has 1 aromatic carbocycles. The van der Waals surface area contributed by atoms with Crippen molar-refractivity contribution in [3.05, 3.63) is 46.1 Å². The van der Waals surface area contributed by atoms with Crippen LogP contribution in [0.2, 0.25) is 10.0 Å². The number of halogens is 2. The number of pyridine rings is 1. The second-order valence-electron chi connectivity index (χ2n) is 7.53. The van der Waals surface area contributed by atoms with E-state index in [0.29, 0.717) is 25.7 Å². The summed E-state index contributed by atoms with van der Waals surface area (Å²) in [6.07, 6.45) is 3.68. The number of nitrogens with one attached hydrogen (secondary N) is 1. The molecule has 2 aliphatic rings. The molecule has 11 heteroatoms. The number of anilines is 1. The fourth-order valence-corrected chi connectivity index (χ4v) is 5.53. The fraction of sp³-hybridized carbons (Fsp3) is 0.400. The highest BCUT2D eigenvalue weighted by Gasteiger charge is 2.32. The summed E-state index contributed by atoms with van der Waals surface area (Å²) in [6, 6.07) is 5.50. The average Bonchev–Trinajstić information content (AvgIpc) is 2.76. The van der Waals surface area contributed by atoms with Gasteiger partial charge in [0.05, 0.1) is 33.2 Å². The van der Waals surface area contributed by atoms with Crippen LogP contribution in [0.3, 0.4) is 0 Å². The van der Waals surface area contributed by atoms with Crippen molar-refractivity contribution in [2.45, 2.75) is 42.7 Å². The molecule has 2 heterocycles. The van der Waals surface area contributed by atoms with Gasteiger partial charge in [-0.05, 0) is 49.9 Å². The highest BCUT2D eigenvalue weighted by molar-refractivity contribution is 7.92. The lowest BCUT2D eigenvalue weighted by Gasteiger charge is -2.30. The predicted octanol–water partition coefficient (Wildman–Crippen LogP) is 3.01. The van der Waals surface area contributed by atoms with Crippen molar-refractivity contribution in [3.8, 4) is 5.88 Å². The van der Waals surface area contributed by atoms with Crippen molar-refractivity contribution in [1.29, 1.82) is 0 Å². The number of hydrogen-bond donors (Lipinski definition) is 2. The Morgan fingerprint density at radius 2 is 1.90 bits per heavy atom. The first-order valence-electron chi connectivity index (χ1n) is 9.85. The quantitative estimate of drug-likeness (QED) is 0.688. The zero-order valence-corrected chi connectivity index (χ0v) is 18.8. The third kappa shape index (κ3) is 4.59. The topological polar surface area (TPSA) is 109 Å². The number of carbonyl (C=O) groups is 1. The van der Waals surface area contributed by atoms with Crippen LogP contribution in [-0.2, 0) is 10.0 Å². The molecule has 2 aromatic rings. The van der Waals surface area contributed by atoms with E-state index in [0.717, 1.165) is 4.31 Å². The van der Waals surface area contributed by atoms with Crippen LogP contribution >= 0.6 is 23.2 Å². The number of aromatic nitrogens is 1. The lowest BCUT2D eigenvalue weighted by Crippen LogP contribution is -2.40. The number of benzene rings is 1. The number of ether oxygens (including phenoxy) is 1. The maximum atomic E-state index is 13.3. The molecule has 2 N–H and O–H groups in total. The molecule has 1 fully saturated rings. The Bertz CT molecular complexity index is 1100. The van der Waals surface area contributed by atoms with Gasteiger partial charge < -0.3 is 15.2 Å². The Kier molecular flexibility index (Phi) is 6.30. The monoisotopic (exact) mass is 485 g/mol. The van der Waals surface area contributed by atoms with E-state index < -0.39 is 10.0 Å². The molecule has 0 spiro atoms. The van der Waals surface area contributed by atoms with Gasteiger partial charge in [0.1, 0.15) is 12.3 Å². The number of amides is 1. The number of nitrogens with zero attached hydrogens (tertiary/aromatic N) is 2. The van der Waals surface area contributed by atoms with E-state index in [4.69, 9.17) is 27.9 Å². The van der Waals surface area contributed by atoms with E-state index in [2.05, 4.69) is 10.3 Å². The molecule has 31 heavy (non-hydrogen) atoms. The van der Waals surface area contributed by atoms with Crippen molar-refractivity contribution in [2.75, 3.05) is 17.5 Å². The number of aliphatic hydroxyl groups is 1. The van der Waals surface area contributed by atoms with Crippen LogP contribution < -0.4 is 14.4 Å². The first kappa shape index (κ1) is 22.1. The van der Waals surface area contributed by atoms with Crippen LogP contribution in [0, 0.1) is 0 Å². The van der Waals surface area contributed by atoms with Gasteiger partial charge >= 0.3 is 0 Å². The summed E-state index contributed by atoms with van der Waals surface area (Å²) in [5.41, 5.74) is 0.411. The number of sulfonamides is 1. The zero-order valence-electron chi connectivity index (χ0n) is 16.4. The molecule has 4 rings (SSSR count). The molecule has 0 radical (unpaired) electrons. The van der Waals surface area contributed by atoms with Gasteiger partial charge in [-0.15, -0.1) is 0 Å². The van der Waals surface area contributed by atoms with Gasteiger partial charge in [-0.1, -0.05) is 23.2 Å². The van der Waals surface area contributed by atoms with E-state index in [1.54, 1.807) is 0 Å². The Morgan fingerprint density at radius 1 is 1.16 bits per heavy atom. The molecule has 1 aromatic heterocycles. The summed E-state index contributed by atoms with van der Waals surface area (Å²) in [5, 5.41) is 12.9. The molecule has 1 saturated carbocycles. The van der Waals surface area contributed by atoms with Gasteiger partial charge in [0.2, 0.25) is 5.88 Å². The Balaban J connectivity index is 1.61. The van der Waals surface area contributed by atoms with E-state index in [9.17, 15) is 18.3 Å². The highest BCUT2D eigenvalue weighted by Crippen LogP contribution is 2.35. The van der Waals surface area contributed by atoms with E-state index >= 15 is 0 Å². The van der Waals surface area contributed by atoms with Crippen molar-refractivity contribution in [1.82, 2.24) is 10.3 Å². The van der Waals surface area contributed by atoms with E-state index in [1.807, 2.05) is 0 Å². The molecule has 0 unspecified atom stereocenters. The summed E-state index contributed by atoms with van der Waals surface area (Å²) in [7, 11) is -3.98. The molecule has 0 saturated heterocycles. The zero-order chi connectivity index (χ0) is 22.2. The molecule has 1 aliphatic carbocycles. The summed E-state index contributed by atoms with van der Waals surface area (Å²) in [5.74, 6) is -0.221. The SMILES string of the molecule is O=C(NC1CCC(O)CC1)c1cnc2c(c1)N(S(=O)(=O)c1ccc(Cl)c(Cl)c1)CCO2. The standard InChI is InChI=1S/C20H21Cl2N3O5S/c21-16-6-5-15(10-17(16)22)31(28,29)25-7-8-30-20-18(25)9-12(11-23-20)19(27)24-13-1-3-14(26)4-2-13/h5-6,9-11,13-14,26H,1-4,7-8H2,(H,24,27). The molecular formula is C20H21Cl2N3O5S. The number of fused-ring (bicyclic) bond motifs is 1. The second kappa shape index (κ2) is 8.82. The van der Waals surface area contributed by atoms with Gasteiger partial charge in [-0.2, -0.15) is 0 Å². The Labute approximate surface area is 190 Å². The summed E-state index contributed by atoms with van der Waals surface area (Å²) in [4.78, 5) is 16.9. The van der Waals surface area contributed by atoms with Crippen molar-refractivity contribution in [3.63, 3.8) is 0 Å². The van der Waals surface area contributed by atoms with E-state index in [1.165, 1.54) is 30.5 Å². The minimum atomic E-state index is -3.98. The molecule has 0 atom stereocenters. The first-order chi connectivity index (χ1) is 14.8. The molecule has 8 nitrogen and oxygen atoms in total. The summed E-state index contributed by atoms with van der Waals surface area (Å²) in [6.45, 7) is 0.180. The lowest BCUT2D eigenvalue weighted by molar-refractivity contribution is 0.0867. The Morgan fingerprint density at radius 3 is 2.61 bits per heavy atom. The third-order valence-electron chi connectivity index (χ3n) is 5.41. The van der Waals surface area contributed by atoms with Gasteiger partial charge in [0, 0.05) is 12.2 Å². The molecule has 1 amide bonds. The van der Waals surface area contributed by atoms with Crippen LogP contribution in [0.1, 0.15) is 36.0 Å². The number of aliphatic hydroxyl groups excluding tert-OH is 1. The van der Waals surface area contributed by atoms with Crippen LogP contribution in [0.25, 0.3) is 0 Å². The van der Waals surface area contributed by atoms with Crippen LogP contribution in [-0.4, -0.2) is 49.7 Å². The average molecular weight is 486 g/mol. The largest absolute Gasteiger partial charge is 0.474 e. The maximum absolute atomic E-state index is 13.3. The van der Waals surface area contributed by atoms with E-state index in [-0.39, 0.29) is 63.3 Å². The van der Waals surface area contributed by atoms with Gasteiger partial charge in [0.15, 0.2) is 0 Å². The smallest absolute Gasteiger partial charge is 0.264 e. The van der Waals surface area contributed by atoms with Crippen LogP contribution in [0.15, 0.2) is 35.4 Å². The maximum Gasteiger partial charge on any atom is 0.264 e. The molecule has 1 aliphatic heterocycles. The molecule has 166 valence electrons. The van der Waals surface area contributed by atoms with Crippen molar-refractivity contribution >= 4 is 44.8 Å². The lowest BCUT2D eigenvalue weighted by atomic mass is 9.93. The first-order valence-corrected chi connectivity index (χ1v) is 12.0.